The molecule has 0 spiro atoms. The van der Waals surface area contributed by atoms with Crippen molar-refractivity contribution in [2.75, 3.05) is 0 Å². The molecule has 4 rings (SSSR count). The molecule has 0 amide bonds. The lowest BCUT2D eigenvalue weighted by Crippen LogP contribution is -2.31. The van der Waals surface area contributed by atoms with Crippen LogP contribution in [0.3, 0.4) is 0 Å². The average Bonchev–Trinajstić information content (AvgIpc) is 2.71. The van der Waals surface area contributed by atoms with Crippen molar-refractivity contribution in [3.05, 3.63) is 88.9 Å². The predicted octanol–water partition coefficient (Wildman–Crippen LogP) is 7.26. The molecule has 3 aromatic carbocycles. The van der Waals surface area contributed by atoms with E-state index >= 15 is 0 Å². The highest BCUT2D eigenvalue weighted by atomic mass is 19.1. The fourth-order valence-electron chi connectivity index (χ4n) is 4.52. The molecule has 31 heavy (non-hydrogen) atoms. The molecule has 4 aromatic rings. The predicted molar refractivity (Wildman–Crippen MR) is 129 cm³/mol. The molecular weight excluding hydrogens is 381 g/mol. The maximum atomic E-state index is 13.5. The Morgan fingerprint density at radius 1 is 0.871 bits per heavy atom. The summed E-state index contributed by atoms with van der Waals surface area (Å²) in [6.45, 7) is 11.0. The first-order chi connectivity index (χ1) is 14.7. The van der Waals surface area contributed by atoms with Gasteiger partial charge in [0.05, 0.1) is 0 Å². The summed E-state index contributed by atoms with van der Waals surface area (Å²) in [5, 5.41) is 2.51. The van der Waals surface area contributed by atoms with Gasteiger partial charge in [0, 0.05) is 17.0 Å². The van der Waals surface area contributed by atoms with Crippen LogP contribution in [-0.2, 0) is 13.5 Å². The van der Waals surface area contributed by atoms with Gasteiger partial charge in [-0.25, -0.2) is 8.96 Å². The number of fused-ring (bicyclic) bond motifs is 1. The van der Waals surface area contributed by atoms with Gasteiger partial charge < -0.3 is 0 Å². The van der Waals surface area contributed by atoms with E-state index in [0.29, 0.717) is 5.92 Å². The van der Waals surface area contributed by atoms with E-state index in [-0.39, 0.29) is 5.82 Å². The Balaban J connectivity index is 1.98. The molecule has 1 aromatic heterocycles. The molecule has 0 aliphatic carbocycles. The molecule has 2 heteroatoms. The topological polar surface area (TPSA) is 3.88 Å². The van der Waals surface area contributed by atoms with E-state index in [1.54, 1.807) is 0 Å². The van der Waals surface area contributed by atoms with E-state index in [4.69, 9.17) is 0 Å². The second kappa shape index (κ2) is 8.26. The van der Waals surface area contributed by atoms with Crippen LogP contribution in [0.2, 0.25) is 0 Å². The smallest absolute Gasteiger partial charge is 0.207 e. The monoisotopic (exact) mass is 412 g/mol. The summed E-state index contributed by atoms with van der Waals surface area (Å²) in [4.78, 5) is 0. The largest absolute Gasteiger partial charge is 0.213 e. The summed E-state index contributed by atoms with van der Waals surface area (Å²) in [6.07, 6.45) is 3.28. The summed E-state index contributed by atoms with van der Waals surface area (Å²) in [6, 6.07) is 18.2. The van der Waals surface area contributed by atoms with Gasteiger partial charge in [0.15, 0.2) is 6.20 Å². The number of rotatable bonds is 4. The second-order valence-corrected chi connectivity index (χ2v) is 9.27. The lowest BCUT2D eigenvalue weighted by Gasteiger charge is -2.14. The van der Waals surface area contributed by atoms with Crippen molar-refractivity contribution in [3.8, 4) is 22.4 Å². The lowest BCUT2D eigenvalue weighted by molar-refractivity contribution is -0.659. The van der Waals surface area contributed by atoms with Crippen LogP contribution in [-0.4, -0.2) is 0 Å². The van der Waals surface area contributed by atoms with E-state index in [1.165, 1.54) is 56.4 Å². The second-order valence-electron chi connectivity index (χ2n) is 9.27. The molecule has 0 fully saturated rings. The molecule has 1 heterocycles. The highest BCUT2D eigenvalue weighted by Crippen LogP contribution is 2.32. The van der Waals surface area contributed by atoms with E-state index in [9.17, 15) is 4.39 Å². The van der Waals surface area contributed by atoms with Gasteiger partial charge in [0.1, 0.15) is 12.9 Å². The highest BCUT2D eigenvalue weighted by Gasteiger charge is 2.18. The van der Waals surface area contributed by atoms with Crippen LogP contribution in [0.15, 0.2) is 60.8 Å². The zero-order valence-corrected chi connectivity index (χ0v) is 19.4. The van der Waals surface area contributed by atoms with Crippen molar-refractivity contribution in [2.45, 2.75) is 41.0 Å². The minimum atomic E-state index is -0.202. The average molecular weight is 413 g/mol. The molecule has 0 atom stereocenters. The molecule has 1 nitrogen and oxygen atoms in total. The van der Waals surface area contributed by atoms with Crippen LogP contribution < -0.4 is 4.57 Å². The first-order valence-electron chi connectivity index (χ1n) is 11.0. The van der Waals surface area contributed by atoms with Gasteiger partial charge in [-0.1, -0.05) is 43.7 Å². The summed E-state index contributed by atoms with van der Waals surface area (Å²) in [5.74, 6) is 0.352. The van der Waals surface area contributed by atoms with Gasteiger partial charge in [-0.3, -0.25) is 0 Å². The number of hydrogen-bond acceptors (Lipinski definition) is 0. The maximum Gasteiger partial charge on any atom is 0.213 e. The van der Waals surface area contributed by atoms with E-state index in [0.717, 1.165) is 17.5 Å². The van der Waals surface area contributed by atoms with Gasteiger partial charge in [0.2, 0.25) is 5.69 Å². The Hall–Kier alpha value is -3.00. The summed E-state index contributed by atoms with van der Waals surface area (Å²) in [7, 11) is 2.14. The number of halogens is 1. The third-order valence-electron chi connectivity index (χ3n) is 6.19. The summed E-state index contributed by atoms with van der Waals surface area (Å²) < 4.78 is 15.7. The van der Waals surface area contributed by atoms with Crippen LogP contribution in [0.5, 0.6) is 0 Å². The number of aromatic nitrogens is 1. The molecular formula is C29H31FN+. The Bertz CT molecular complexity index is 1270. The first kappa shape index (κ1) is 21.2. The van der Waals surface area contributed by atoms with Crippen molar-refractivity contribution >= 4 is 10.8 Å². The zero-order chi connectivity index (χ0) is 22.3. The molecule has 0 saturated heterocycles. The fourth-order valence-corrected chi connectivity index (χ4v) is 4.52. The highest BCUT2D eigenvalue weighted by molar-refractivity contribution is 5.91. The van der Waals surface area contributed by atoms with Crippen LogP contribution >= 0.6 is 0 Å². The third kappa shape index (κ3) is 4.25. The number of aryl methyl sites for hydroxylation is 3. The molecule has 0 saturated carbocycles. The van der Waals surface area contributed by atoms with Crippen molar-refractivity contribution in [2.24, 2.45) is 13.0 Å². The molecule has 158 valence electrons. The van der Waals surface area contributed by atoms with Crippen molar-refractivity contribution in [3.63, 3.8) is 0 Å². The molecule has 0 unspecified atom stereocenters. The normalized spacial score (nSPS) is 11.5. The van der Waals surface area contributed by atoms with Crippen molar-refractivity contribution in [1.82, 2.24) is 0 Å². The van der Waals surface area contributed by atoms with Gasteiger partial charge >= 0.3 is 0 Å². The zero-order valence-electron chi connectivity index (χ0n) is 19.4. The Morgan fingerprint density at radius 2 is 1.58 bits per heavy atom. The Labute approximate surface area is 185 Å². The number of benzene rings is 3. The molecule has 0 bridgehead atoms. The quantitative estimate of drug-likeness (QED) is 0.311. The molecule has 0 aliphatic heterocycles. The number of hydrogen-bond donors (Lipinski definition) is 0. The van der Waals surface area contributed by atoms with E-state index in [2.05, 4.69) is 82.8 Å². The van der Waals surface area contributed by atoms with Crippen molar-refractivity contribution in [1.29, 1.82) is 0 Å². The fraction of sp³-hybridized carbons (Fsp3) is 0.276. The Morgan fingerprint density at radius 3 is 2.26 bits per heavy atom. The third-order valence-corrected chi connectivity index (χ3v) is 6.19. The standard InChI is InChI=1S/C29H31FN/c1-18(2)11-24-14-23(22-7-9-26(30)10-8-22)15-25-16-29(31(6)17-28(24)25)27-13-19(3)12-20(4)21(27)5/h7-10,12-18H,11H2,1-6H3/q+1. The number of pyridine rings is 1. The van der Waals surface area contributed by atoms with Crippen LogP contribution in [0.25, 0.3) is 33.2 Å². The van der Waals surface area contributed by atoms with Crippen LogP contribution in [0, 0.1) is 32.5 Å². The first-order valence-corrected chi connectivity index (χ1v) is 11.0. The minimum Gasteiger partial charge on any atom is -0.207 e. The molecule has 0 aliphatic rings. The number of nitrogens with zero attached hydrogens (tertiary/aromatic N) is 1. The van der Waals surface area contributed by atoms with Gasteiger partial charge in [-0.05, 0) is 90.6 Å². The Kier molecular flexibility index (Phi) is 5.66. The van der Waals surface area contributed by atoms with E-state index in [1.807, 2.05) is 12.1 Å². The van der Waals surface area contributed by atoms with Crippen LogP contribution in [0.1, 0.15) is 36.1 Å². The molecule has 0 N–H and O–H groups in total. The molecule has 0 radical (unpaired) electrons. The van der Waals surface area contributed by atoms with Gasteiger partial charge in [-0.2, -0.15) is 0 Å². The summed E-state index contributed by atoms with van der Waals surface area (Å²) in [5.41, 5.74) is 9.92. The van der Waals surface area contributed by atoms with Crippen LogP contribution in [0.4, 0.5) is 4.39 Å². The summed E-state index contributed by atoms with van der Waals surface area (Å²) >= 11 is 0. The lowest BCUT2D eigenvalue weighted by atomic mass is 9.91. The van der Waals surface area contributed by atoms with E-state index < -0.39 is 0 Å². The minimum absolute atomic E-state index is 0.202. The van der Waals surface area contributed by atoms with Gasteiger partial charge in [-0.15, -0.1) is 0 Å². The SMILES string of the molecule is Cc1cc(C)c(C)c(-c2cc3cc(-c4ccc(F)cc4)cc(CC(C)C)c3c[n+]2C)c1. The van der Waals surface area contributed by atoms with Gasteiger partial charge in [0.25, 0.3) is 0 Å². The van der Waals surface area contributed by atoms with Crippen molar-refractivity contribution < 1.29 is 8.96 Å². The maximum absolute atomic E-state index is 13.5.